The molecule has 4 bridgehead atoms. The van der Waals surface area contributed by atoms with Crippen LogP contribution in [-0.2, 0) is 14.3 Å². The predicted molar refractivity (Wildman–Crippen MR) is 111 cm³/mol. The smallest absolute Gasteiger partial charge is 0.345 e. The third-order valence-corrected chi connectivity index (χ3v) is 8.29. The highest BCUT2D eigenvalue weighted by atomic mass is 32.2. The third-order valence-electron chi connectivity index (χ3n) is 6.30. The number of esters is 1. The first kappa shape index (κ1) is 21.3. The number of thioether (sulfide) groups is 1. The summed E-state index contributed by atoms with van der Waals surface area (Å²) in [5.74, 6) is 1.83. The normalized spacial score (nSPS) is 35.7. The Labute approximate surface area is 172 Å². The molecule has 5 aliphatic rings. The van der Waals surface area contributed by atoms with Crippen LogP contribution < -0.4 is 5.73 Å². The minimum absolute atomic E-state index is 0.300. The zero-order valence-electron chi connectivity index (χ0n) is 16.1. The first-order chi connectivity index (χ1) is 12.8. The van der Waals surface area contributed by atoms with Crippen LogP contribution in [0.4, 0.5) is 0 Å². The van der Waals surface area contributed by atoms with E-state index in [-0.39, 0.29) is 5.92 Å². The van der Waals surface area contributed by atoms with E-state index in [9.17, 15) is 9.59 Å². The number of carbonyl (C=O) groups excluding carboxylic acids is 1. The molecule has 1 unspecified atom stereocenters. The summed E-state index contributed by atoms with van der Waals surface area (Å²) < 4.78 is 4.93. The third kappa shape index (κ3) is 6.04. The average Bonchev–Trinajstić information content (AvgIpc) is 3.40. The van der Waals surface area contributed by atoms with E-state index in [4.69, 9.17) is 15.6 Å². The number of aliphatic carboxylic acids is 1. The Morgan fingerprint density at radius 2 is 1.70 bits per heavy atom. The van der Waals surface area contributed by atoms with Crippen molar-refractivity contribution < 1.29 is 19.4 Å². The second-order valence-corrected chi connectivity index (χ2v) is 10.9. The maximum atomic E-state index is 11.4. The molecule has 0 aromatic heterocycles. The van der Waals surface area contributed by atoms with Gasteiger partial charge in [0.15, 0.2) is 0 Å². The van der Waals surface area contributed by atoms with E-state index in [2.05, 4.69) is 12.6 Å². The molecule has 5 nitrogen and oxygen atoms in total. The number of rotatable bonds is 7. The van der Waals surface area contributed by atoms with Crippen LogP contribution in [0.5, 0.6) is 0 Å². The lowest BCUT2D eigenvalue weighted by atomic mass is 9.53. The number of hydrogen-bond acceptors (Lipinski definition) is 6. The lowest BCUT2D eigenvalue weighted by Crippen LogP contribution is -2.55. The predicted octanol–water partition coefficient (Wildman–Crippen LogP) is 3.36. The van der Waals surface area contributed by atoms with Crippen LogP contribution >= 0.6 is 24.4 Å². The number of nitrogens with two attached hydrogens (primary N) is 1. The van der Waals surface area contributed by atoms with Gasteiger partial charge in [-0.15, -0.1) is 0 Å². The van der Waals surface area contributed by atoms with E-state index in [1.165, 1.54) is 38.5 Å². The van der Waals surface area contributed by atoms with E-state index in [1.54, 1.807) is 18.7 Å². The Kier molecular flexibility index (Phi) is 7.07. The van der Waals surface area contributed by atoms with Gasteiger partial charge in [0.25, 0.3) is 0 Å². The molecule has 0 amide bonds. The number of hydrogen-bond donors (Lipinski definition) is 3. The van der Waals surface area contributed by atoms with Gasteiger partial charge in [0, 0.05) is 22.3 Å². The fourth-order valence-electron chi connectivity index (χ4n) is 5.12. The van der Waals surface area contributed by atoms with Crippen LogP contribution in [0, 0.1) is 23.7 Å². The van der Waals surface area contributed by atoms with Crippen LogP contribution in [-0.4, -0.2) is 45.4 Å². The van der Waals surface area contributed by atoms with Gasteiger partial charge in [-0.1, -0.05) is 6.92 Å². The SMILES string of the molecule is C[C@@H](CS)C(=O)OC(CSC1CC1)C(=O)O.NC12CC3CC(CC(C3)C1)C2. The molecule has 2 atom stereocenters. The van der Waals surface area contributed by atoms with Crippen molar-refractivity contribution in [3.05, 3.63) is 0 Å². The van der Waals surface area contributed by atoms with Gasteiger partial charge in [-0.25, -0.2) is 4.79 Å². The van der Waals surface area contributed by atoms with Gasteiger partial charge in [-0.2, -0.15) is 24.4 Å². The van der Waals surface area contributed by atoms with Crippen molar-refractivity contribution in [3.63, 3.8) is 0 Å². The van der Waals surface area contributed by atoms with Crippen molar-refractivity contribution in [2.24, 2.45) is 29.4 Å². The highest BCUT2D eigenvalue weighted by Crippen LogP contribution is 2.54. The van der Waals surface area contributed by atoms with Crippen molar-refractivity contribution in [2.45, 2.75) is 75.2 Å². The van der Waals surface area contributed by atoms with Gasteiger partial charge < -0.3 is 15.6 Å². The first-order valence-electron chi connectivity index (χ1n) is 10.2. The second-order valence-electron chi connectivity index (χ2n) is 9.16. The van der Waals surface area contributed by atoms with E-state index in [1.807, 2.05) is 0 Å². The molecule has 154 valence electrons. The number of thiol groups is 1. The van der Waals surface area contributed by atoms with Gasteiger partial charge in [-0.3, -0.25) is 4.79 Å². The number of carbonyl (C=O) groups is 2. The molecule has 0 saturated heterocycles. The van der Waals surface area contributed by atoms with Crippen molar-refractivity contribution in [1.82, 2.24) is 0 Å². The van der Waals surface area contributed by atoms with Crippen molar-refractivity contribution >= 4 is 36.3 Å². The fraction of sp³-hybridized carbons (Fsp3) is 0.900. The Morgan fingerprint density at radius 3 is 2.07 bits per heavy atom. The molecule has 0 aromatic rings. The Morgan fingerprint density at radius 1 is 1.19 bits per heavy atom. The zero-order valence-corrected chi connectivity index (χ0v) is 17.9. The number of carboxylic acids is 1. The highest BCUT2D eigenvalue weighted by Gasteiger charge is 2.48. The molecule has 27 heavy (non-hydrogen) atoms. The van der Waals surface area contributed by atoms with E-state index >= 15 is 0 Å². The molecule has 0 aromatic carbocycles. The molecule has 7 heteroatoms. The molecule has 0 aliphatic heterocycles. The van der Waals surface area contributed by atoms with Gasteiger partial charge in [-0.05, 0) is 69.1 Å². The first-order valence-corrected chi connectivity index (χ1v) is 11.9. The van der Waals surface area contributed by atoms with Crippen LogP contribution in [0.2, 0.25) is 0 Å². The summed E-state index contributed by atoms with van der Waals surface area (Å²) in [6, 6.07) is 0. The minimum Gasteiger partial charge on any atom is -0.478 e. The zero-order chi connectivity index (χ0) is 19.6. The summed E-state index contributed by atoms with van der Waals surface area (Å²) in [6.45, 7) is 1.67. The molecular formula is C20H33NO4S2. The Bertz CT molecular complexity index is 517. The van der Waals surface area contributed by atoms with Crippen LogP contribution in [0.1, 0.15) is 58.3 Å². The molecule has 0 spiro atoms. The van der Waals surface area contributed by atoms with E-state index in [0.717, 1.165) is 30.6 Å². The van der Waals surface area contributed by atoms with Crippen molar-refractivity contribution in [1.29, 1.82) is 0 Å². The topological polar surface area (TPSA) is 89.6 Å². The van der Waals surface area contributed by atoms with Crippen LogP contribution in [0.25, 0.3) is 0 Å². The molecule has 5 aliphatic carbocycles. The van der Waals surface area contributed by atoms with Gasteiger partial charge >= 0.3 is 11.9 Å². The average molecular weight is 416 g/mol. The van der Waals surface area contributed by atoms with Gasteiger partial charge in [0.1, 0.15) is 0 Å². The Hall–Kier alpha value is -0.400. The number of ether oxygens (including phenoxy) is 1. The van der Waals surface area contributed by atoms with Gasteiger partial charge in [0.2, 0.25) is 6.10 Å². The molecule has 0 radical (unpaired) electrons. The Balaban J connectivity index is 0.000000164. The molecule has 0 heterocycles. The van der Waals surface area contributed by atoms with Crippen LogP contribution in [0.15, 0.2) is 0 Å². The highest BCUT2D eigenvalue weighted by molar-refractivity contribution is 8.00. The summed E-state index contributed by atoms with van der Waals surface area (Å²) in [6.07, 6.45) is 9.82. The monoisotopic (exact) mass is 415 g/mol. The van der Waals surface area contributed by atoms with Crippen molar-refractivity contribution in [2.75, 3.05) is 11.5 Å². The summed E-state index contributed by atoms with van der Waals surface area (Å²) in [4.78, 5) is 22.3. The second kappa shape index (κ2) is 8.95. The largest absolute Gasteiger partial charge is 0.478 e. The van der Waals surface area contributed by atoms with Crippen molar-refractivity contribution in [3.8, 4) is 0 Å². The summed E-state index contributed by atoms with van der Waals surface area (Å²) >= 11 is 5.53. The molecule has 5 saturated carbocycles. The van der Waals surface area contributed by atoms with E-state index in [0.29, 0.717) is 22.3 Å². The lowest BCUT2D eigenvalue weighted by molar-refractivity contribution is -0.164. The quantitative estimate of drug-likeness (QED) is 0.436. The van der Waals surface area contributed by atoms with E-state index < -0.39 is 18.0 Å². The van der Waals surface area contributed by atoms with Crippen LogP contribution in [0.3, 0.4) is 0 Å². The molecule has 5 rings (SSSR count). The molecule has 3 N–H and O–H groups in total. The molecule has 5 fully saturated rings. The summed E-state index contributed by atoms with van der Waals surface area (Å²) in [5.41, 5.74) is 6.62. The number of carboxylic acid groups (broad SMARTS) is 1. The summed E-state index contributed by atoms with van der Waals surface area (Å²) in [5, 5.41) is 9.46. The van der Waals surface area contributed by atoms with Gasteiger partial charge in [0.05, 0.1) is 5.92 Å². The molecular weight excluding hydrogens is 382 g/mol. The standard InChI is InChI=1S/C10H17N.C10H16O4S2/c11-10-4-7-1-8(5-10)3-9(2-7)6-10;1-6(4-15)10(13)14-8(9(11)12)5-16-7-2-3-7/h7-9H,1-6,11H2;6-8,15H,2-5H2,1H3,(H,11,12)/t;6-,8?/m.0/s1. The maximum Gasteiger partial charge on any atom is 0.345 e. The lowest BCUT2D eigenvalue weighted by Gasteiger charge is -2.55. The summed E-state index contributed by atoms with van der Waals surface area (Å²) in [7, 11) is 0. The fourth-order valence-corrected chi connectivity index (χ4v) is 6.40. The minimum atomic E-state index is -1.08. The maximum absolute atomic E-state index is 11.4.